The van der Waals surface area contributed by atoms with Crippen LogP contribution < -0.4 is 5.43 Å². The van der Waals surface area contributed by atoms with E-state index in [1.54, 1.807) is 12.5 Å². The standard InChI is InChI=1S/C14H10IN3OS/c15-11-5-3-10(4-6-11)13-9-20-14(17-13)18-16-8-12-2-1-7-19-12/h1-9H,(H,17,18)/b16-8-. The van der Waals surface area contributed by atoms with Gasteiger partial charge in [0.15, 0.2) is 0 Å². The molecule has 3 aromatic rings. The molecule has 0 fully saturated rings. The van der Waals surface area contributed by atoms with Crippen molar-refractivity contribution in [1.29, 1.82) is 0 Å². The van der Waals surface area contributed by atoms with Gasteiger partial charge in [0.1, 0.15) is 5.76 Å². The fourth-order valence-electron chi connectivity index (χ4n) is 1.59. The minimum Gasteiger partial charge on any atom is -0.463 e. The molecule has 2 heterocycles. The Morgan fingerprint density at radius 2 is 2.10 bits per heavy atom. The first-order valence-electron chi connectivity index (χ1n) is 5.85. The molecule has 3 rings (SSSR count). The molecular formula is C14H10IN3OS. The van der Waals surface area contributed by atoms with Crippen LogP contribution in [0.2, 0.25) is 0 Å². The van der Waals surface area contributed by atoms with E-state index in [0.29, 0.717) is 5.76 Å². The van der Waals surface area contributed by atoms with Gasteiger partial charge in [-0.05, 0) is 46.9 Å². The summed E-state index contributed by atoms with van der Waals surface area (Å²) in [5, 5.41) is 6.84. The van der Waals surface area contributed by atoms with Crippen molar-refractivity contribution < 1.29 is 4.42 Å². The van der Waals surface area contributed by atoms with Gasteiger partial charge in [-0.15, -0.1) is 11.3 Å². The number of hydrogen-bond acceptors (Lipinski definition) is 5. The maximum Gasteiger partial charge on any atom is 0.203 e. The van der Waals surface area contributed by atoms with Crippen molar-refractivity contribution in [2.75, 3.05) is 5.43 Å². The number of benzene rings is 1. The summed E-state index contributed by atoms with van der Waals surface area (Å²) in [4.78, 5) is 4.49. The molecule has 6 heteroatoms. The van der Waals surface area contributed by atoms with Crippen LogP contribution in [0, 0.1) is 3.57 Å². The van der Waals surface area contributed by atoms with Gasteiger partial charge in [-0.1, -0.05) is 12.1 Å². The van der Waals surface area contributed by atoms with E-state index in [1.165, 1.54) is 14.9 Å². The topological polar surface area (TPSA) is 50.4 Å². The zero-order chi connectivity index (χ0) is 13.8. The molecule has 0 radical (unpaired) electrons. The van der Waals surface area contributed by atoms with Crippen LogP contribution in [0.5, 0.6) is 0 Å². The maximum absolute atomic E-state index is 5.15. The average Bonchev–Trinajstić information content (AvgIpc) is 3.11. The van der Waals surface area contributed by atoms with Gasteiger partial charge >= 0.3 is 0 Å². The molecule has 0 amide bonds. The number of thiazole rings is 1. The Bertz CT molecular complexity index is 704. The van der Waals surface area contributed by atoms with Gasteiger partial charge in [0, 0.05) is 14.5 Å². The first-order chi connectivity index (χ1) is 9.81. The second-order valence-electron chi connectivity index (χ2n) is 3.93. The Balaban J connectivity index is 1.69. The van der Waals surface area contributed by atoms with E-state index < -0.39 is 0 Å². The minimum atomic E-state index is 0.701. The summed E-state index contributed by atoms with van der Waals surface area (Å²) in [6, 6.07) is 11.9. The summed E-state index contributed by atoms with van der Waals surface area (Å²) in [5.74, 6) is 0.701. The second-order valence-corrected chi connectivity index (χ2v) is 6.03. The van der Waals surface area contributed by atoms with Crippen molar-refractivity contribution in [3.8, 4) is 11.3 Å². The van der Waals surface area contributed by atoms with Crippen molar-refractivity contribution in [3.05, 3.63) is 57.4 Å². The van der Waals surface area contributed by atoms with Gasteiger partial charge in [-0.25, -0.2) is 4.98 Å². The third kappa shape index (κ3) is 3.26. The lowest BCUT2D eigenvalue weighted by molar-refractivity contribution is 0.560. The van der Waals surface area contributed by atoms with E-state index in [4.69, 9.17) is 4.42 Å². The van der Waals surface area contributed by atoms with Crippen LogP contribution in [0.4, 0.5) is 5.13 Å². The molecule has 1 N–H and O–H groups in total. The number of furan rings is 1. The number of anilines is 1. The van der Waals surface area contributed by atoms with Crippen molar-refractivity contribution in [2.45, 2.75) is 0 Å². The highest BCUT2D eigenvalue weighted by Crippen LogP contribution is 2.25. The number of hydrogen-bond donors (Lipinski definition) is 1. The predicted molar refractivity (Wildman–Crippen MR) is 90.2 cm³/mol. The summed E-state index contributed by atoms with van der Waals surface area (Å²) in [6.07, 6.45) is 3.23. The molecular weight excluding hydrogens is 385 g/mol. The molecule has 0 aliphatic rings. The Hall–Kier alpha value is -1.67. The van der Waals surface area contributed by atoms with Crippen molar-refractivity contribution in [2.24, 2.45) is 5.10 Å². The fourth-order valence-corrected chi connectivity index (χ4v) is 2.62. The predicted octanol–water partition coefficient (Wildman–Crippen LogP) is 4.45. The van der Waals surface area contributed by atoms with Gasteiger partial charge in [-0.3, -0.25) is 5.43 Å². The van der Waals surface area contributed by atoms with E-state index >= 15 is 0 Å². The highest BCUT2D eigenvalue weighted by molar-refractivity contribution is 14.1. The molecule has 20 heavy (non-hydrogen) atoms. The molecule has 0 saturated heterocycles. The van der Waals surface area contributed by atoms with Gasteiger partial charge < -0.3 is 4.42 Å². The van der Waals surface area contributed by atoms with E-state index in [-0.39, 0.29) is 0 Å². The van der Waals surface area contributed by atoms with Crippen molar-refractivity contribution in [3.63, 3.8) is 0 Å². The van der Waals surface area contributed by atoms with E-state index in [0.717, 1.165) is 16.4 Å². The third-order valence-corrected chi connectivity index (χ3v) is 4.01. The second kappa shape index (κ2) is 6.19. The monoisotopic (exact) mass is 395 g/mol. The lowest BCUT2D eigenvalue weighted by Crippen LogP contribution is -1.89. The van der Waals surface area contributed by atoms with Crippen LogP contribution in [0.1, 0.15) is 5.76 Å². The molecule has 0 aliphatic carbocycles. The van der Waals surface area contributed by atoms with Crippen LogP contribution in [-0.2, 0) is 0 Å². The zero-order valence-electron chi connectivity index (χ0n) is 10.3. The zero-order valence-corrected chi connectivity index (χ0v) is 13.3. The Morgan fingerprint density at radius 3 is 2.85 bits per heavy atom. The molecule has 0 saturated carbocycles. The van der Waals surface area contributed by atoms with Crippen LogP contribution >= 0.6 is 33.9 Å². The summed E-state index contributed by atoms with van der Waals surface area (Å²) >= 11 is 3.80. The Morgan fingerprint density at radius 1 is 1.25 bits per heavy atom. The smallest absolute Gasteiger partial charge is 0.203 e. The summed E-state index contributed by atoms with van der Waals surface area (Å²) in [6.45, 7) is 0. The van der Waals surface area contributed by atoms with Gasteiger partial charge in [0.25, 0.3) is 0 Å². The highest BCUT2D eigenvalue weighted by atomic mass is 127. The van der Waals surface area contributed by atoms with Crippen LogP contribution in [0.25, 0.3) is 11.3 Å². The van der Waals surface area contributed by atoms with E-state index in [9.17, 15) is 0 Å². The van der Waals surface area contributed by atoms with Gasteiger partial charge in [0.05, 0.1) is 18.2 Å². The minimum absolute atomic E-state index is 0.701. The van der Waals surface area contributed by atoms with E-state index in [2.05, 4.69) is 62.4 Å². The average molecular weight is 395 g/mol. The molecule has 1 aromatic carbocycles. The number of rotatable bonds is 4. The first kappa shape index (κ1) is 13.3. The number of nitrogens with one attached hydrogen (secondary N) is 1. The molecule has 4 nitrogen and oxygen atoms in total. The Kier molecular flexibility index (Phi) is 4.12. The van der Waals surface area contributed by atoms with Gasteiger partial charge in [0.2, 0.25) is 5.13 Å². The van der Waals surface area contributed by atoms with Crippen LogP contribution in [0.3, 0.4) is 0 Å². The van der Waals surface area contributed by atoms with Crippen LogP contribution in [-0.4, -0.2) is 11.2 Å². The molecule has 0 aliphatic heterocycles. The largest absolute Gasteiger partial charge is 0.463 e. The van der Waals surface area contributed by atoms with Crippen LogP contribution in [0.15, 0.2) is 57.6 Å². The molecule has 0 atom stereocenters. The third-order valence-electron chi connectivity index (χ3n) is 2.54. The van der Waals surface area contributed by atoms with E-state index in [1.807, 2.05) is 17.5 Å². The maximum atomic E-state index is 5.15. The number of aromatic nitrogens is 1. The Labute approximate surface area is 133 Å². The molecule has 0 unspecified atom stereocenters. The van der Waals surface area contributed by atoms with Gasteiger partial charge in [-0.2, -0.15) is 5.10 Å². The highest BCUT2D eigenvalue weighted by Gasteiger charge is 2.03. The van der Waals surface area contributed by atoms with Crippen molar-refractivity contribution in [1.82, 2.24) is 4.98 Å². The normalized spacial score (nSPS) is 11.1. The summed E-state index contributed by atoms with van der Waals surface area (Å²) in [7, 11) is 0. The summed E-state index contributed by atoms with van der Waals surface area (Å²) < 4.78 is 6.36. The number of nitrogens with zero attached hydrogens (tertiary/aromatic N) is 2. The number of halogens is 1. The molecule has 2 aromatic heterocycles. The van der Waals surface area contributed by atoms with Crippen molar-refractivity contribution >= 4 is 45.3 Å². The molecule has 100 valence electrons. The molecule has 0 spiro atoms. The SMILES string of the molecule is Ic1ccc(-c2csc(N/N=C\c3ccco3)n2)cc1. The fraction of sp³-hybridized carbons (Fsp3) is 0. The quantitative estimate of drug-likeness (QED) is 0.403. The lowest BCUT2D eigenvalue weighted by Gasteiger charge is -1.96. The summed E-state index contributed by atoms with van der Waals surface area (Å²) in [5.41, 5.74) is 4.95. The lowest BCUT2D eigenvalue weighted by atomic mass is 10.2. The molecule has 0 bridgehead atoms. The first-order valence-corrected chi connectivity index (χ1v) is 7.81. The number of hydrazone groups is 1.